The zero-order valence-corrected chi connectivity index (χ0v) is 9.67. The summed E-state index contributed by atoms with van der Waals surface area (Å²) in [5.41, 5.74) is 0.603. The monoisotopic (exact) mass is 229 g/mol. The highest BCUT2D eigenvalue weighted by Crippen LogP contribution is 2.20. The minimum atomic E-state index is -3.63. The van der Waals surface area contributed by atoms with Crippen molar-refractivity contribution >= 4 is 10.0 Å². The number of nitrogens with two attached hydrogens (primary N) is 1. The summed E-state index contributed by atoms with van der Waals surface area (Å²) < 4.78 is 27.6. The van der Waals surface area contributed by atoms with Gasteiger partial charge in [0.25, 0.3) is 0 Å². The second-order valence-electron chi connectivity index (χ2n) is 3.32. The average Bonchev–Trinajstić information content (AvgIpc) is 2.12. The van der Waals surface area contributed by atoms with Gasteiger partial charge in [-0.2, -0.15) is 0 Å². The molecular weight excluding hydrogens is 214 g/mol. The number of sulfonamides is 1. The normalized spacial score (nSPS) is 11.4. The van der Waals surface area contributed by atoms with E-state index in [0.717, 1.165) is 6.42 Å². The first-order valence-corrected chi connectivity index (χ1v) is 6.26. The van der Waals surface area contributed by atoms with E-state index in [-0.39, 0.29) is 4.90 Å². The molecule has 0 bridgehead atoms. The Hall–Kier alpha value is -1.07. The molecular formula is C10H15NO3S. The summed E-state index contributed by atoms with van der Waals surface area (Å²) in [6.45, 7) is 4.32. The molecule has 1 aromatic carbocycles. The molecule has 0 aliphatic heterocycles. The third-order valence-electron chi connectivity index (χ3n) is 1.93. The van der Waals surface area contributed by atoms with Gasteiger partial charge in [-0.05, 0) is 37.1 Å². The maximum absolute atomic E-state index is 11.1. The second-order valence-corrected chi connectivity index (χ2v) is 4.85. The average molecular weight is 229 g/mol. The fraction of sp³-hybridized carbons (Fsp3) is 0.400. The minimum Gasteiger partial charge on any atom is -0.494 e. The first-order chi connectivity index (χ1) is 6.95. The minimum absolute atomic E-state index is 0.145. The van der Waals surface area contributed by atoms with Gasteiger partial charge in [0.1, 0.15) is 5.75 Å². The lowest BCUT2D eigenvalue weighted by molar-refractivity contribution is 0.317. The Morgan fingerprint density at radius 2 is 2.07 bits per heavy atom. The molecule has 15 heavy (non-hydrogen) atoms. The molecule has 0 saturated heterocycles. The molecule has 1 aromatic rings. The van der Waals surface area contributed by atoms with Crippen molar-refractivity contribution in [2.24, 2.45) is 5.14 Å². The SMILES string of the molecule is CCCOc1ccc(S(N)(=O)=O)c(C)c1. The van der Waals surface area contributed by atoms with E-state index in [4.69, 9.17) is 9.88 Å². The van der Waals surface area contributed by atoms with Gasteiger partial charge < -0.3 is 4.74 Å². The highest BCUT2D eigenvalue weighted by molar-refractivity contribution is 7.89. The van der Waals surface area contributed by atoms with Crippen LogP contribution >= 0.6 is 0 Å². The van der Waals surface area contributed by atoms with Gasteiger partial charge in [0.15, 0.2) is 0 Å². The molecule has 0 aliphatic carbocycles. The van der Waals surface area contributed by atoms with Crippen molar-refractivity contribution in [2.45, 2.75) is 25.2 Å². The van der Waals surface area contributed by atoms with Gasteiger partial charge in [-0.3, -0.25) is 0 Å². The number of ether oxygens (including phenoxy) is 1. The van der Waals surface area contributed by atoms with Crippen LogP contribution in [0.25, 0.3) is 0 Å². The Morgan fingerprint density at radius 3 is 2.53 bits per heavy atom. The first-order valence-electron chi connectivity index (χ1n) is 4.71. The van der Waals surface area contributed by atoms with Crippen LogP contribution in [0, 0.1) is 6.92 Å². The fourth-order valence-electron chi connectivity index (χ4n) is 1.25. The highest BCUT2D eigenvalue weighted by Gasteiger charge is 2.11. The van der Waals surface area contributed by atoms with Crippen LogP contribution in [-0.2, 0) is 10.0 Å². The molecule has 0 spiro atoms. The third kappa shape index (κ3) is 3.21. The fourth-order valence-corrected chi connectivity index (χ4v) is 2.02. The maximum atomic E-state index is 11.1. The maximum Gasteiger partial charge on any atom is 0.238 e. The predicted molar refractivity (Wildman–Crippen MR) is 58.3 cm³/mol. The Balaban J connectivity index is 2.99. The van der Waals surface area contributed by atoms with Crippen molar-refractivity contribution in [3.8, 4) is 5.75 Å². The van der Waals surface area contributed by atoms with E-state index >= 15 is 0 Å². The molecule has 0 fully saturated rings. The molecule has 0 saturated carbocycles. The van der Waals surface area contributed by atoms with Gasteiger partial charge in [-0.25, -0.2) is 13.6 Å². The number of benzene rings is 1. The summed E-state index contributed by atoms with van der Waals surface area (Å²) in [5, 5.41) is 5.04. The molecule has 84 valence electrons. The number of rotatable bonds is 4. The van der Waals surface area contributed by atoms with Gasteiger partial charge in [-0.15, -0.1) is 0 Å². The summed E-state index contributed by atoms with van der Waals surface area (Å²) in [5.74, 6) is 0.668. The zero-order valence-electron chi connectivity index (χ0n) is 8.86. The molecule has 5 heteroatoms. The molecule has 0 radical (unpaired) electrons. The van der Waals surface area contributed by atoms with Crippen molar-refractivity contribution in [3.63, 3.8) is 0 Å². The van der Waals surface area contributed by atoms with Crippen molar-refractivity contribution in [1.29, 1.82) is 0 Å². The van der Waals surface area contributed by atoms with Gasteiger partial charge >= 0.3 is 0 Å². The second kappa shape index (κ2) is 4.63. The lowest BCUT2D eigenvalue weighted by atomic mass is 10.2. The Labute approximate surface area is 90.1 Å². The van der Waals surface area contributed by atoms with Crippen molar-refractivity contribution in [1.82, 2.24) is 0 Å². The number of hydrogen-bond acceptors (Lipinski definition) is 3. The molecule has 4 nitrogen and oxygen atoms in total. The van der Waals surface area contributed by atoms with Gasteiger partial charge in [-0.1, -0.05) is 6.92 Å². The van der Waals surface area contributed by atoms with E-state index in [1.165, 1.54) is 6.07 Å². The lowest BCUT2D eigenvalue weighted by Crippen LogP contribution is -2.13. The predicted octanol–water partition coefficient (Wildman–Crippen LogP) is 1.43. The topological polar surface area (TPSA) is 69.4 Å². The standard InChI is InChI=1S/C10H15NO3S/c1-3-6-14-9-4-5-10(8(2)7-9)15(11,12)13/h4-5,7H,3,6H2,1-2H3,(H2,11,12,13). The van der Waals surface area contributed by atoms with Crippen molar-refractivity contribution in [3.05, 3.63) is 23.8 Å². The lowest BCUT2D eigenvalue weighted by Gasteiger charge is -2.07. The summed E-state index contributed by atoms with van der Waals surface area (Å²) >= 11 is 0. The van der Waals surface area contributed by atoms with E-state index in [9.17, 15) is 8.42 Å². The van der Waals surface area contributed by atoms with Crippen molar-refractivity contribution in [2.75, 3.05) is 6.61 Å². The third-order valence-corrected chi connectivity index (χ3v) is 3.00. The molecule has 1 rings (SSSR count). The number of aryl methyl sites for hydroxylation is 1. The molecule has 0 atom stereocenters. The van der Waals surface area contributed by atoms with Crippen LogP contribution in [0.5, 0.6) is 5.75 Å². The van der Waals surface area contributed by atoms with Crippen LogP contribution in [0.4, 0.5) is 0 Å². The summed E-state index contributed by atoms with van der Waals surface area (Å²) in [6.07, 6.45) is 0.913. The first kappa shape index (κ1) is 12.0. The van der Waals surface area contributed by atoms with Crippen LogP contribution in [0.3, 0.4) is 0 Å². The van der Waals surface area contributed by atoms with E-state index in [0.29, 0.717) is 17.9 Å². The van der Waals surface area contributed by atoms with E-state index < -0.39 is 10.0 Å². The summed E-state index contributed by atoms with van der Waals surface area (Å²) in [6, 6.07) is 4.76. The molecule has 0 heterocycles. The summed E-state index contributed by atoms with van der Waals surface area (Å²) in [4.78, 5) is 0.145. The van der Waals surface area contributed by atoms with Gasteiger partial charge in [0, 0.05) is 0 Å². The van der Waals surface area contributed by atoms with E-state index in [2.05, 4.69) is 0 Å². The van der Waals surface area contributed by atoms with Crippen LogP contribution in [-0.4, -0.2) is 15.0 Å². The molecule has 0 aromatic heterocycles. The van der Waals surface area contributed by atoms with Gasteiger partial charge in [0.2, 0.25) is 10.0 Å². The van der Waals surface area contributed by atoms with Crippen LogP contribution in [0.1, 0.15) is 18.9 Å². The molecule has 0 aliphatic rings. The smallest absolute Gasteiger partial charge is 0.238 e. The molecule has 0 unspecified atom stereocenters. The highest BCUT2D eigenvalue weighted by atomic mass is 32.2. The largest absolute Gasteiger partial charge is 0.494 e. The summed E-state index contributed by atoms with van der Waals surface area (Å²) in [7, 11) is -3.63. The van der Waals surface area contributed by atoms with Crippen molar-refractivity contribution < 1.29 is 13.2 Å². The van der Waals surface area contributed by atoms with Gasteiger partial charge in [0.05, 0.1) is 11.5 Å². The van der Waals surface area contributed by atoms with Crippen LogP contribution < -0.4 is 9.88 Å². The number of primary sulfonamides is 1. The van der Waals surface area contributed by atoms with Crippen LogP contribution in [0.15, 0.2) is 23.1 Å². The number of hydrogen-bond donors (Lipinski definition) is 1. The Kier molecular flexibility index (Phi) is 3.71. The Bertz CT molecular complexity index is 440. The van der Waals surface area contributed by atoms with E-state index in [1.54, 1.807) is 19.1 Å². The van der Waals surface area contributed by atoms with Crippen LogP contribution in [0.2, 0.25) is 0 Å². The molecule has 2 N–H and O–H groups in total. The zero-order chi connectivity index (χ0) is 11.5. The quantitative estimate of drug-likeness (QED) is 0.849. The molecule has 0 amide bonds. The Morgan fingerprint density at radius 1 is 1.40 bits per heavy atom. The van der Waals surface area contributed by atoms with E-state index in [1.807, 2.05) is 6.92 Å².